The van der Waals surface area contributed by atoms with E-state index in [1.165, 1.54) is 28.6 Å². The van der Waals surface area contributed by atoms with E-state index in [2.05, 4.69) is 5.32 Å². The van der Waals surface area contributed by atoms with E-state index in [0.29, 0.717) is 13.1 Å². The lowest BCUT2D eigenvalue weighted by Crippen LogP contribution is -2.44. The summed E-state index contributed by atoms with van der Waals surface area (Å²) in [6.45, 7) is 6.27. The number of carbonyl (C=O) groups is 2. The maximum Gasteiger partial charge on any atom is 0.338 e. The zero-order chi connectivity index (χ0) is 20.8. The van der Waals surface area contributed by atoms with Crippen molar-refractivity contribution in [2.45, 2.75) is 63.3 Å². The molecule has 0 aliphatic carbocycles. The standard InChI is InChI=1S/C20H30N2O5S/c1-4-20(2,3)21-18(23)15-27-19(24)16-10-9-11-17(14-16)28(25,26)22-12-7-5-6-8-13-22/h9-11,14H,4-8,12-13,15H2,1-3H3,(H,21,23). The molecule has 1 saturated heterocycles. The zero-order valence-corrected chi connectivity index (χ0v) is 17.7. The Balaban J connectivity index is 2.05. The van der Waals surface area contributed by atoms with Crippen molar-refractivity contribution in [3.05, 3.63) is 29.8 Å². The minimum atomic E-state index is -3.65. The monoisotopic (exact) mass is 410 g/mol. The van der Waals surface area contributed by atoms with E-state index in [1.807, 2.05) is 20.8 Å². The van der Waals surface area contributed by atoms with Crippen molar-refractivity contribution < 1.29 is 22.7 Å². The van der Waals surface area contributed by atoms with Gasteiger partial charge in [-0.1, -0.05) is 25.8 Å². The highest BCUT2D eigenvalue weighted by atomic mass is 32.2. The second-order valence-corrected chi connectivity index (χ2v) is 9.65. The molecule has 0 radical (unpaired) electrons. The van der Waals surface area contributed by atoms with Crippen molar-refractivity contribution in [3.63, 3.8) is 0 Å². The second kappa shape index (κ2) is 9.52. The zero-order valence-electron chi connectivity index (χ0n) is 16.9. The molecule has 0 unspecified atom stereocenters. The molecule has 0 aromatic heterocycles. The number of amides is 1. The van der Waals surface area contributed by atoms with Crippen LogP contribution >= 0.6 is 0 Å². The maximum atomic E-state index is 12.9. The maximum absolute atomic E-state index is 12.9. The molecule has 1 heterocycles. The molecule has 156 valence electrons. The fraction of sp³-hybridized carbons (Fsp3) is 0.600. The predicted octanol–water partition coefficient (Wildman–Crippen LogP) is 2.71. The van der Waals surface area contributed by atoms with E-state index in [1.54, 1.807) is 0 Å². The third-order valence-corrected chi connectivity index (χ3v) is 6.86. The quantitative estimate of drug-likeness (QED) is 0.698. The first-order valence-corrected chi connectivity index (χ1v) is 11.2. The summed E-state index contributed by atoms with van der Waals surface area (Å²) in [5, 5.41) is 2.78. The fourth-order valence-corrected chi connectivity index (χ4v) is 4.49. The number of sulfonamides is 1. The van der Waals surface area contributed by atoms with Gasteiger partial charge in [0.1, 0.15) is 0 Å². The molecule has 2 rings (SSSR count). The highest BCUT2D eigenvalue weighted by Crippen LogP contribution is 2.21. The molecular weight excluding hydrogens is 380 g/mol. The number of rotatable bonds is 7. The number of carbonyl (C=O) groups excluding carboxylic acids is 2. The number of hydrogen-bond acceptors (Lipinski definition) is 5. The number of nitrogens with zero attached hydrogens (tertiary/aromatic N) is 1. The Morgan fingerprint density at radius 2 is 1.79 bits per heavy atom. The Kier molecular flexibility index (Phi) is 7.60. The van der Waals surface area contributed by atoms with Crippen LogP contribution in [0, 0.1) is 0 Å². The number of ether oxygens (including phenoxy) is 1. The van der Waals surface area contributed by atoms with Gasteiger partial charge < -0.3 is 10.1 Å². The van der Waals surface area contributed by atoms with Crippen molar-refractivity contribution in [2.75, 3.05) is 19.7 Å². The summed E-state index contributed by atoms with van der Waals surface area (Å²) in [5.74, 6) is -1.12. The van der Waals surface area contributed by atoms with E-state index < -0.39 is 28.5 Å². The number of nitrogens with one attached hydrogen (secondary N) is 1. The smallest absolute Gasteiger partial charge is 0.338 e. The normalized spacial score (nSPS) is 16.2. The molecule has 0 spiro atoms. The van der Waals surface area contributed by atoms with Crippen molar-refractivity contribution in [1.29, 1.82) is 0 Å². The molecule has 1 aliphatic rings. The van der Waals surface area contributed by atoms with Crippen LogP contribution in [0.15, 0.2) is 29.2 Å². The van der Waals surface area contributed by atoms with Crippen molar-refractivity contribution in [1.82, 2.24) is 9.62 Å². The highest BCUT2D eigenvalue weighted by Gasteiger charge is 2.26. The number of hydrogen-bond donors (Lipinski definition) is 1. The molecule has 1 aliphatic heterocycles. The summed E-state index contributed by atoms with van der Waals surface area (Å²) in [7, 11) is -3.65. The van der Waals surface area contributed by atoms with E-state index in [9.17, 15) is 18.0 Å². The van der Waals surface area contributed by atoms with Gasteiger partial charge in [0.25, 0.3) is 5.91 Å². The van der Waals surface area contributed by atoms with Gasteiger partial charge in [-0.3, -0.25) is 4.79 Å². The van der Waals surface area contributed by atoms with E-state index >= 15 is 0 Å². The van der Waals surface area contributed by atoms with Gasteiger partial charge in [0, 0.05) is 18.6 Å². The van der Waals surface area contributed by atoms with Crippen LogP contribution in [0.25, 0.3) is 0 Å². The van der Waals surface area contributed by atoms with Crippen LogP contribution in [-0.2, 0) is 19.6 Å². The summed E-state index contributed by atoms with van der Waals surface area (Å²) in [6, 6.07) is 5.79. The molecule has 1 N–H and O–H groups in total. The first-order chi connectivity index (χ1) is 13.2. The fourth-order valence-electron chi connectivity index (χ4n) is 2.93. The average molecular weight is 411 g/mol. The van der Waals surface area contributed by atoms with Gasteiger partial charge in [0.05, 0.1) is 10.5 Å². The topological polar surface area (TPSA) is 92.8 Å². The van der Waals surface area contributed by atoms with Crippen molar-refractivity contribution in [2.24, 2.45) is 0 Å². The van der Waals surface area contributed by atoms with Gasteiger partial charge >= 0.3 is 5.97 Å². The van der Waals surface area contributed by atoms with Gasteiger partial charge in [-0.25, -0.2) is 13.2 Å². The van der Waals surface area contributed by atoms with Crippen LogP contribution in [0.5, 0.6) is 0 Å². The van der Waals surface area contributed by atoms with Gasteiger partial charge in [0.2, 0.25) is 10.0 Å². The molecule has 1 fully saturated rings. The van der Waals surface area contributed by atoms with Crippen LogP contribution in [0.4, 0.5) is 0 Å². The van der Waals surface area contributed by atoms with Crippen LogP contribution < -0.4 is 5.32 Å². The van der Waals surface area contributed by atoms with E-state index in [0.717, 1.165) is 32.1 Å². The molecule has 8 heteroatoms. The predicted molar refractivity (Wildman–Crippen MR) is 106 cm³/mol. The van der Waals surface area contributed by atoms with Crippen LogP contribution in [0.1, 0.15) is 63.2 Å². The van der Waals surface area contributed by atoms with E-state index in [-0.39, 0.29) is 16.0 Å². The minimum Gasteiger partial charge on any atom is -0.452 e. The number of benzene rings is 1. The first kappa shape index (κ1) is 22.4. The lowest BCUT2D eigenvalue weighted by molar-refractivity contribution is -0.125. The Hall–Kier alpha value is -1.93. The highest BCUT2D eigenvalue weighted by molar-refractivity contribution is 7.89. The molecular formula is C20H30N2O5S. The third kappa shape index (κ3) is 6.04. The van der Waals surface area contributed by atoms with Crippen molar-refractivity contribution >= 4 is 21.9 Å². The minimum absolute atomic E-state index is 0.0698. The molecule has 28 heavy (non-hydrogen) atoms. The summed E-state index contributed by atoms with van der Waals surface area (Å²) < 4.78 is 32.3. The Bertz CT molecular complexity index is 797. The van der Waals surface area contributed by atoms with Crippen LogP contribution in [0.3, 0.4) is 0 Å². The Morgan fingerprint density at radius 3 is 2.39 bits per heavy atom. The lowest BCUT2D eigenvalue weighted by atomic mass is 10.0. The molecule has 1 amide bonds. The molecule has 0 bridgehead atoms. The SMILES string of the molecule is CCC(C)(C)NC(=O)COC(=O)c1cccc(S(=O)(=O)N2CCCCCC2)c1. The average Bonchev–Trinajstić information content (AvgIpc) is 2.96. The molecule has 0 saturated carbocycles. The molecule has 0 atom stereocenters. The van der Waals surface area contributed by atoms with Gasteiger partial charge in [-0.05, 0) is 51.3 Å². The largest absolute Gasteiger partial charge is 0.452 e. The Labute approximate surface area is 167 Å². The summed E-state index contributed by atoms with van der Waals surface area (Å²) in [6.07, 6.45) is 4.46. The van der Waals surface area contributed by atoms with Gasteiger partial charge in [0.15, 0.2) is 6.61 Å². The molecule has 7 nitrogen and oxygen atoms in total. The molecule has 1 aromatic carbocycles. The number of esters is 1. The summed E-state index contributed by atoms with van der Waals surface area (Å²) >= 11 is 0. The van der Waals surface area contributed by atoms with Gasteiger partial charge in [-0.2, -0.15) is 4.31 Å². The summed E-state index contributed by atoms with van der Waals surface area (Å²) in [4.78, 5) is 24.3. The summed E-state index contributed by atoms with van der Waals surface area (Å²) in [5.41, 5.74) is -0.275. The Morgan fingerprint density at radius 1 is 1.14 bits per heavy atom. The van der Waals surface area contributed by atoms with Crippen molar-refractivity contribution in [3.8, 4) is 0 Å². The van der Waals surface area contributed by atoms with Crippen LogP contribution in [0.2, 0.25) is 0 Å². The third-order valence-electron chi connectivity index (χ3n) is 4.97. The first-order valence-electron chi connectivity index (χ1n) is 9.74. The van der Waals surface area contributed by atoms with Gasteiger partial charge in [-0.15, -0.1) is 0 Å². The second-order valence-electron chi connectivity index (χ2n) is 7.71. The van der Waals surface area contributed by atoms with E-state index in [4.69, 9.17) is 4.74 Å². The lowest BCUT2D eigenvalue weighted by Gasteiger charge is -2.24. The van der Waals surface area contributed by atoms with Crippen LogP contribution in [-0.4, -0.2) is 49.8 Å². The molecule has 1 aromatic rings.